The van der Waals surface area contributed by atoms with Crippen LogP contribution in [0.25, 0.3) is 11.1 Å². The van der Waals surface area contributed by atoms with Crippen LogP contribution in [-0.4, -0.2) is 29.6 Å². The number of aliphatic carboxylic acids is 1. The van der Waals surface area contributed by atoms with Gasteiger partial charge < -0.3 is 16.2 Å². The number of hydrogen-bond acceptors (Lipinski definition) is 3. The van der Waals surface area contributed by atoms with Crippen molar-refractivity contribution in [3.05, 3.63) is 59.7 Å². The Morgan fingerprint density at radius 2 is 1.81 bits per heavy atom. The second-order valence-corrected chi connectivity index (χ2v) is 6.20. The van der Waals surface area contributed by atoms with E-state index in [1.54, 1.807) is 6.07 Å². The number of unbranched alkanes of at least 4 members (excludes halogenated alkanes) is 1. The molecule has 5 heteroatoms. The van der Waals surface area contributed by atoms with Gasteiger partial charge in [-0.15, -0.1) is 0 Å². The van der Waals surface area contributed by atoms with Crippen molar-refractivity contribution in [1.82, 2.24) is 5.32 Å². The van der Waals surface area contributed by atoms with E-state index in [2.05, 4.69) is 5.32 Å². The first-order valence-electron chi connectivity index (χ1n) is 8.99. The summed E-state index contributed by atoms with van der Waals surface area (Å²) in [6.45, 7) is 2.51. The third kappa shape index (κ3) is 4.92. The average molecular weight is 354 g/mol. The Kier molecular flexibility index (Phi) is 7.36. The van der Waals surface area contributed by atoms with E-state index < -0.39 is 12.0 Å². The molecule has 2 rings (SSSR count). The van der Waals surface area contributed by atoms with Crippen LogP contribution >= 0.6 is 0 Å². The largest absolute Gasteiger partial charge is 0.480 e. The fraction of sp³-hybridized carbons (Fsp3) is 0.333. The summed E-state index contributed by atoms with van der Waals surface area (Å²) in [7, 11) is 0. The quantitative estimate of drug-likeness (QED) is 0.603. The zero-order valence-electron chi connectivity index (χ0n) is 15.1. The number of amides is 1. The number of nitrogens with two attached hydrogens (primary N) is 1. The van der Waals surface area contributed by atoms with E-state index in [0.717, 1.165) is 23.1 Å². The van der Waals surface area contributed by atoms with Gasteiger partial charge in [0.15, 0.2) is 0 Å². The number of carbonyl (C=O) groups excluding carboxylic acids is 1. The summed E-state index contributed by atoms with van der Waals surface area (Å²) in [5.41, 5.74) is 8.94. The molecule has 2 aromatic rings. The van der Waals surface area contributed by atoms with E-state index in [0.29, 0.717) is 31.4 Å². The van der Waals surface area contributed by atoms with Gasteiger partial charge in [0.25, 0.3) is 5.91 Å². The van der Waals surface area contributed by atoms with Gasteiger partial charge in [-0.3, -0.25) is 4.79 Å². The highest BCUT2D eigenvalue weighted by molar-refractivity contribution is 5.99. The number of rotatable bonds is 9. The van der Waals surface area contributed by atoms with Crippen LogP contribution < -0.4 is 11.1 Å². The number of carboxylic acids is 1. The van der Waals surface area contributed by atoms with Crippen LogP contribution in [0.1, 0.15) is 42.1 Å². The molecule has 0 spiro atoms. The van der Waals surface area contributed by atoms with Gasteiger partial charge in [0.2, 0.25) is 0 Å². The Bertz CT molecular complexity index is 744. The summed E-state index contributed by atoms with van der Waals surface area (Å²) in [5, 5.41) is 12.0. The standard InChI is InChI=1S/C21H26N2O3/c1-2-16-17(15-9-4-3-5-10-15)11-8-12-18(16)20(24)23-19(21(25)26)13-6-7-14-22/h3-5,8-12,19H,2,6-7,13-14,22H2,1H3,(H,23,24)(H,25,26). The molecule has 0 fully saturated rings. The lowest BCUT2D eigenvalue weighted by molar-refractivity contribution is -0.139. The predicted molar refractivity (Wildman–Crippen MR) is 103 cm³/mol. The highest BCUT2D eigenvalue weighted by atomic mass is 16.4. The fourth-order valence-corrected chi connectivity index (χ4v) is 3.05. The second kappa shape index (κ2) is 9.73. The minimum Gasteiger partial charge on any atom is -0.480 e. The van der Waals surface area contributed by atoms with Crippen molar-refractivity contribution in [2.45, 2.75) is 38.6 Å². The first-order valence-corrected chi connectivity index (χ1v) is 8.99. The van der Waals surface area contributed by atoms with Gasteiger partial charge in [-0.1, -0.05) is 49.4 Å². The van der Waals surface area contributed by atoms with Crippen molar-refractivity contribution in [2.75, 3.05) is 6.54 Å². The molecule has 138 valence electrons. The third-order valence-corrected chi connectivity index (χ3v) is 4.41. The molecule has 0 heterocycles. The van der Waals surface area contributed by atoms with Gasteiger partial charge >= 0.3 is 5.97 Å². The Labute approximate surface area is 154 Å². The lowest BCUT2D eigenvalue weighted by Gasteiger charge is -2.17. The Morgan fingerprint density at radius 3 is 2.42 bits per heavy atom. The molecule has 2 aromatic carbocycles. The Balaban J connectivity index is 2.26. The van der Waals surface area contributed by atoms with E-state index >= 15 is 0 Å². The van der Waals surface area contributed by atoms with E-state index in [9.17, 15) is 14.7 Å². The molecule has 26 heavy (non-hydrogen) atoms. The minimum atomic E-state index is -1.02. The number of nitrogens with one attached hydrogen (secondary N) is 1. The van der Waals surface area contributed by atoms with Gasteiger partial charge in [0, 0.05) is 5.56 Å². The molecular formula is C21H26N2O3. The molecule has 1 amide bonds. The van der Waals surface area contributed by atoms with Gasteiger partial charge in [-0.05, 0) is 55.0 Å². The van der Waals surface area contributed by atoms with Crippen LogP contribution in [0.2, 0.25) is 0 Å². The first-order chi connectivity index (χ1) is 12.6. The van der Waals surface area contributed by atoms with Crippen molar-refractivity contribution in [3.63, 3.8) is 0 Å². The number of carboxylic acid groups (broad SMARTS) is 1. The summed E-state index contributed by atoms with van der Waals surface area (Å²) in [6, 6.07) is 14.5. The van der Waals surface area contributed by atoms with Gasteiger partial charge in [0.05, 0.1) is 0 Å². The summed E-state index contributed by atoms with van der Waals surface area (Å²) >= 11 is 0. The zero-order chi connectivity index (χ0) is 18.9. The van der Waals surface area contributed by atoms with Gasteiger partial charge in [-0.2, -0.15) is 0 Å². The maximum absolute atomic E-state index is 12.8. The SMILES string of the molecule is CCc1c(C(=O)NC(CCCCN)C(=O)O)cccc1-c1ccccc1. The van der Waals surface area contributed by atoms with Crippen molar-refractivity contribution in [1.29, 1.82) is 0 Å². The van der Waals surface area contributed by atoms with Crippen molar-refractivity contribution in [3.8, 4) is 11.1 Å². The van der Waals surface area contributed by atoms with Gasteiger partial charge in [0.1, 0.15) is 6.04 Å². The fourth-order valence-electron chi connectivity index (χ4n) is 3.05. The van der Waals surface area contributed by atoms with E-state index in [1.807, 2.05) is 49.4 Å². The van der Waals surface area contributed by atoms with Crippen LogP contribution in [0, 0.1) is 0 Å². The van der Waals surface area contributed by atoms with Crippen molar-refractivity contribution in [2.24, 2.45) is 5.73 Å². The maximum atomic E-state index is 12.8. The molecule has 0 aliphatic carbocycles. The number of hydrogen-bond donors (Lipinski definition) is 3. The molecule has 0 saturated heterocycles. The average Bonchev–Trinajstić information content (AvgIpc) is 2.67. The van der Waals surface area contributed by atoms with E-state index in [1.165, 1.54) is 0 Å². The molecule has 0 radical (unpaired) electrons. The first kappa shape index (κ1) is 19.7. The molecule has 1 atom stereocenters. The molecule has 0 saturated carbocycles. The second-order valence-electron chi connectivity index (χ2n) is 6.20. The van der Waals surface area contributed by atoms with Crippen molar-refractivity contribution < 1.29 is 14.7 Å². The normalized spacial score (nSPS) is 11.8. The van der Waals surface area contributed by atoms with E-state index in [-0.39, 0.29) is 5.91 Å². The molecule has 1 unspecified atom stereocenters. The maximum Gasteiger partial charge on any atom is 0.326 e. The summed E-state index contributed by atoms with van der Waals surface area (Å²) in [6.07, 6.45) is 2.46. The van der Waals surface area contributed by atoms with Crippen LogP contribution in [-0.2, 0) is 11.2 Å². The van der Waals surface area contributed by atoms with Crippen LogP contribution in [0.15, 0.2) is 48.5 Å². The minimum absolute atomic E-state index is 0.347. The lowest BCUT2D eigenvalue weighted by Crippen LogP contribution is -2.41. The summed E-state index contributed by atoms with van der Waals surface area (Å²) < 4.78 is 0. The van der Waals surface area contributed by atoms with E-state index in [4.69, 9.17) is 5.73 Å². The van der Waals surface area contributed by atoms with Crippen LogP contribution in [0.5, 0.6) is 0 Å². The number of benzene rings is 2. The lowest BCUT2D eigenvalue weighted by atomic mass is 9.93. The Hall–Kier alpha value is -2.66. The smallest absolute Gasteiger partial charge is 0.326 e. The molecule has 0 bridgehead atoms. The topological polar surface area (TPSA) is 92.4 Å². The molecule has 0 aliphatic rings. The highest BCUT2D eigenvalue weighted by Gasteiger charge is 2.22. The predicted octanol–water partition coefficient (Wildman–Crippen LogP) is 3.23. The number of carbonyl (C=O) groups is 2. The third-order valence-electron chi connectivity index (χ3n) is 4.41. The molecular weight excluding hydrogens is 328 g/mol. The summed E-state index contributed by atoms with van der Waals surface area (Å²) in [5.74, 6) is -1.37. The van der Waals surface area contributed by atoms with Crippen LogP contribution in [0.3, 0.4) is 0 Å². The van der Waals surface area contributed by atoms with Crippen LogP contribution in [0.4, 0.5) is 0 Å². The van der Waals surface area contributed by atoms with Crippen molar-refractivity contribution >= 4 is 11.9 Å². The van der Waals surface area contributed by atoms with Gasteiger partial charge in [-0.25, -0.2) is 4.79 Å². The molecule has 4 N–H and O–H groups in total. The molecule has 5 nitrogen and oxygen atoms in total. The summed E-state index contributed by atoms with van der Waals surface area (Å²) in [4.78, 5) is 24.2. The zero-order valence-corrected chi connectivity index (χ0v) is 15.1. The monoisotopic (exact) mass is 354 g/mol. The molecule has 0 aliphatic heterocycles. The molecule has 0 aromatic heterocycles. The Morgan fingerprint density at radius 1 is 1.08 bits per heavy atom. The highest BCUT2D eigenvalue weighted by Crippen LogP contribution is 2.27.